The second kappa shape index (κ2) is 23.9. The number of methoxy groups -OCH3 is 1. The van der Waals surface area contributed by atoms with Gasteiger partial charge in [0.15, 0.2) is 6.10 Å². The van der Waals surface area contributed by atoms with Crippen LogP contribution in [0.1, 0.15) is 49.9 Å². The molecule has 7 atom stereocenters. The summed E-state index contributed by atoms with van der Waals surface area (Å²) >= 11 is 0. The van der Waals surface area contributed by atoms with Crippen LogP contribution in [0.15, 0.2) is 121 Å². The molecule has 1 aliphatic heterocycles. The van der Waals surface area contributed by atoms with Gasteiger partial charge in [-0.2, -0.15) is 0 Å². The van der Waals surface area contributed by atoms with Gasteiger partial charge in [0.05, 0.1) is 39.6 Å². The monoisotopic (exact) mass is 866 g/mol. The highest BCUT2D eigenvalue weighted by molar-refractivity contribution is 5.91. The van der Waals surface area contributed by atoms with E-state index in [1.807, 2.05) is 97.1 Å². The molecule has 4 amide bonds. The summed E-state index contributed by atoms with van der Waals surface area (Å²) in [6.45, 7) is 6.28. The van der Waals surface area contributed by atoms with Crippen LogP contribution in [0.2, 0.25) is 0 Å². The van der Waals surface area contributed by atoms with Gasteiger partial charge in [0.25, 0.3) is 5.91 Å². The number of hydrogen-bond donors (Lipinski definition) is 4. The van der Waals surface area contributed by atoms with Crippen LogP contribution in [0.4, 0.5) is 4.79 Å². The number of amides is 4. The van der Waals surface area contributed by atoms with Crippen LogP contribution in [-0.4, -0.2) is 98.2 Å². The molecule has 1 aliphatic rings. The van der Waals surface area contributed by atoms with E-state index in [-0.39, 0.29) is 32.8 Å². The molecule has 0 bridgehead atoms. The fourth-order valence-corrected chi connectivity index (χ4v) is 6.91. The average molecular weight is 867 g/mol. The van der Waals surface area contributed by atoms with Crippen molar-refractivity contribution in [3.63, 3.8) is 0 Å². The maximum atomic E-state index is 14.5. The van der Waals surface area contributed by atoms with Crippen molar-refractivity contribution >= 4 is 29.8 Å². The van der Waals surface area contributed by atoms with Gasteiger partial charge in [0.1, 0.15) is 36.0 Å². The van der Waals surface area contributed by atoms with E-state index in [1.54, 1.807) is 45.0 Å². The fourth-order valence-electron chi connectivity index (χ4n) is 6.91. The lowest BCUT2D eigenvalue weighted by atomic mass is 9.91. The van der Waals surface area contributed by atoms with Crippen LogP contribution in [-0.2, 0) is 73.8 Å². The van der Waals surface area contributed by atoms with E-state index in [9.17, 15) is 24.0 Å². The zero-order chi connectivity index (χ0) is 45.2. The van der Waals surface area contributed by atoms with Gasteiger partial charge in [0, 0.05) is 19.9 Å². The SMILES string of the molecule is COC(=O)[C@H](Cc1ccccc1)NC(=O)[C@H](CNC(=O)[C@@H]1O[C@H](COCc2ccccc2)[C@@H](OCc2ccccc2)[C@H](OCc2ccccc2)[C@H]1NC(C)=O)NC(=O)OC(C)(C)C. The van der Waals surface area contributed by atoms with Crippen molar-refractivity contribution in [2.45, 2.75) is 102 Å². The summed E-state index contributed by atoms with van der Waals surface area (Å²) in [7, 11) is 1.20. The fraction of sp³-hybridized carbons (Fsp3) is 0.396. The van der Waals surface area contributed by atoms with Gasteiger partial charge < -0.3 is 49.7 Å². The van der Waals surface area contributed by atoms with Crippen molar-refractivity contribution in [1.29, 1.82) is 0 Å². The number of hydrogen-bond acceptors (Lipinski definition) is 11. The Morgan fingerprint density at radius 3 is 1.68 bits per heavy atom. The standard InChI is InChI=1S/C48H58N4O11/c1-32(53)50-40-42(61-30-36-24-16-9-17-25-36)41(60-29-35-22-14-8-15-23-35)39(31-59-28-34-20-12-7-13-21-34)62-43(40)45(55)49-27-38(52-47(57)63-48(2,3)4)44(54)51-37(46(56)58-5)26-33-18-10-6-11-19-33/h6-25,37-43H,26-31H2,1-5H3,(H,49,55)(H,50,53)(H,51,54)(H,52,57)/t37-,38-,39+,40+,41+,42+,43+/m0/s1. The lowest BCUT2D eigenvalue weighted by Gasteiger charge is -2.46. The van der Waals surface area contributed by atoms with E-state index in [1.165, 1.54) is 14.0 Å². The van der Waals surface area contributed by atoms with E-state index >= 15 is 0 Å². The van der Waals surface area contributed by atoms with Gasteiger partial charge in [-0.05, 0) is 43.0 Å². The molecule has 4 aromatic carbocycles. The van der Waals surface area contributed by atoms with Gasteiger partial charge in [0.2, 0.25) is 11.8 Å². The maximum absolute atomic E-state index is 14.5. The predicted octanol–water partition coefficient (Wildman–Crippen LogP) is 4.56. The molecule has 4 N–H and O–H groups in total. The third-order valence-electron chi connectivity index (χ3n) is 9.86. The Hall–Kier alpha value is -6.13. The van der Waals surface area contributed by atoms with Crippen molar-refractivity contribution in [3.8, 4) is 0 Å². The molecule has 0 spiro atoms. The van der Waals surface area contributed by atoms with E-state index < -0.39 is 84.5 Å². The minimum atomic E-state index is -1.45. The Morgan fingerprint density at radius 2 is 1.17 bits per heavy atom. The molecule has 15 heteroatoms. The lowest BCUT2D eigenvalue weighted by molar-refractivity contribution is -0.230. The van der Waals surface area contributed by atoms with Gasteiger partial charge in [-0.1, -0.05) is 121 Å². The smallest absolute Gasteiger partial charge is 0.408 e. The zero-order valence-corrected chi connectivity index (χ0v) is 36.3. The molecule has 336 valence electrons. The Morgan fingerprint density at radius 1 is 0.667 bits per heavy atom. The molecule has 15 nitrogen and oxygen atoms in total. The van der Waals surface area contributed by atoms with Crippen LogP contribution < -0.4 is 21.3 Å². The van der Waals surface area contributed by atoms with Crippen molar-refractivity contribution in [1.82, 2.24) is 21.3 Å². The normalized spacial score (nSPS) is 19.4. The van der Waals surface area contributed by atoms with Gasteiger partial charge in [-0.15, -0.1) is 0 Å². The summed E-state index contributed by atoms with van der Waals surface area (Å²) in [5.41, 5.74) is 2.44. The van der Waals surface area contributed by atoms with Crippen LogP contribution in [0.25, 0.3) is 0 Å². The summed E-state index contributed by atoms with van der Waals surface area (Å²) in [5, 5.41) is 10.8. The van der Waals surface area contributed by atoms with Crippen LogP contribution in [0.3, 0.4) is 0 Å². The second-order valence-electron chi connectivity index (χ2n) is 16.1. The number of ether oxygens (including phenoxy) is 6. The van der Waals surface area contributed by atoms with Gasteiger partial charge >= 0.3 is 12.1 Å². The number of nitrogens with one attached hydrogen (secondary N) is 4. The average Bonchev–Trinajstić information content (AvgIpc) is 3.27. The summed E-state index contributed by atoms with van der Waals surface area (Å²) in [6, 6.07) is 33.8. The minimum absolute atomic E-state index is 0.0301. The molecule has 0 aliphatic carbocycles. The summed E-state index contributed by atoms with van der Waals surface area (Å²) in [5.74, 6) is -2.73. The number of benzene rings is 4. The summed E-state index contributed by atoms with van der Waals surface area (Å²) in [6.07, 6.45) is -5.00. The Kier molecular flexibility index (Phi) is 18.2. The quantitative estimate of drug-likeness (QED) is 0.0913. The third-order valence-corrected chi connectivity index (χ3v) is 9.86. The van der Waals surface area contributed by atoms with Crippen molar-refractivity contribution in [2.75, 3.05) is 20.3 Å². The van der Waals surface area contributed by atoms with Crippen molar-refractivity contribution < 1.29 is 52.4 Å². The van der Waals surface area contributed by atoms with Crippen molar-refractivity contribution in [2.24, 2.45) is 0 Å². The molecule has 0 unspecified atom stereocenters. The Labute approximate surface area is 368 Å². The molecular formula is C48H58N4O11. The highest BCUT2D eigenvalue weighted by Gasteiger charge is 2.51. The molecule has 1 heterocycles. The zero-order valence-electron chi connectivity index (χ0n) is 36.3. The predicted molar refractivity (Wildman–Crippen MR) is 233 cm³/mol. The first-order chi connectivity index (χ1) is 30.3. The van der Waals surface area contributed by atoms with Crippen LogP contribution in [0.5, 0.6) is 0 Å². The molecular weight excluding hydrogens is 809 g/mol. The molecule has 0 aromatic heterocycles. The molecule has 63 heavy (non-hydrogen) atoms. The first-order valence-corrected chi connectivity index (χ1v) is 20.8. The number of esters is 1. The van der Waals surface area contributed by atoms with Crippen LogP contribution in [0, 0.1) is 0 Å². The Bertz CT molecular complexity index is 2050. The molecule has 4 aromatic rings. The highest BCUT2D eigenvalue weighted by Crippen LogP contribution is 2.29. The van der Waals surface area contributed by atoms with Gasteiger partial charge in [-0.3, -0.25) is 14.4 Å². The topological polar surface area (TPSA) is 189 Å². The minimum Gasteiger partial charge on any atom is -0.467 e. The number of alkyl carbamates (subject to hydrolysis) is 1. The lowest BCUT2D eigenvalue weighted by Crippen LogP contribution is -2.68. The van der Waals surface area contributed by atoms with Crippen LogP contribution >= 0.6 is 0 Å². The molecule has 0 saturated carbocycles. The van der Waals surface area contributed by atoms with Crippen molar-refractivity contribution in [3.05, 3.63) is 144 Å². The first kappa shape index (κ1) is 47.9. The first-order valence-electron chi connectivity index (χ1n) is 20.8. The summed E-state index contributed by atoms with van der Waals surface area (Å²) in [4.78, 5) is 67.4. The van der Waals surface area contributed by atoms with E-state index in [0.717, 1.165) is 22.3 Å². The van der Waals surface area contributed by atoms with E-state index in [2.05, 4.69) is 21.3 Å². The summed E-state index contributed by atoms with van der Waals surface area (Å²) < 4.78 is 36.4. The van der Waals surface area contributed by atoms with E-state index in [4.69, 9.17) is 28.4 Å². The Balaban J connectivity index is 1.44. The largest absolute Gasteiger partial charge is 0.467 e. The highest BCUT2D eigenvalue weighted by atomic mass is 16.6. The molecule has 1 saturated heterocycles. The number of carbonyl (C=O) groups excluding carboxylic acids is 5. The molecule has 1 fully saturated rings. The third kappa shape index (κ3) is 15.6. The molecule has 5 rings (SSSR count). The van der Waals surface area contributed by atoms with E-state index in [0.29, 0.717) is 0 Å². The number of rotatable bonds is 20. The number of carbonyl (C=O) groups is 5. The second-order valence-corrected chi connectivity index (χ2v) is 16.1. The maximum Gasteiger partial charge on any atom is 0.408 e. The van der Waals surface area contributed by atoms with Gasteiger partial charge in [-0.25, -0.2) is 9.59 Å². The molecule has 0 radical (unpaired) electrons.